The SMILES string of the molecule is CC(=CCl)CN1CCNCC12CCCC2. The van der Waals surface area contributed by atoms with Gasteiger partial charge in [-0.1, -0.05) is 24.4 Å². The van der Waals surface area contributed by atoms with E-state index >= 15 is 0 Å². The summed E-state index contributed by atoms with van der Waals surface area (Å²) in [4.78, 5) is 2.64. The average molecular weight is 229 g/mol. The van der Waals surface area contributed by atoms with Gasteiger partial charge in [0.1, 0.15) is 0 Å². The highest BCUT2D eigenvalue weighted by Crippen LogP contribution is 2.36. The Kier molecular flexibility index (Phi) is 3.70. The van der Waals surface area contributed by atoms with Crippen LogP contribution in [0.1, 0.15) is 32.6 Å². The molecule has 3 heteroatoms. The van der Waals surface area contributed by atoms with Crippen molar-refractivity contribution in [2.75, 3.05) is 26.2 Å². The lowest BCUT2D eigenvalue weighted by Crippen LogP contribution is -2.60. The fourth-order valence-electron chi connectivity index (χ4n) is 2.99. The van der Waals surface area contributed by atoms with Gasteiger partial charge in [-0.3, -0.25) is 4.90 Å². The Labute approximate surface area is 97.7 Å². The van der Waals surface area contributed by atoms with Gasteiger partial charge in [0.15, 0.2) is 0 Å². The second-order valence-electron chi connectivity index (χ2n) is 4.99. The van der Waals surface area contributed by atoms with E-state index in [1.54, 1.807) is 5.54 Å². The predicted molar refractivity (Wildman–Crippen MR) is 65.3 cm³/mol. The molecule has 0 bridgehead atoms. The lowest BCUT2D eigenvalue weighted by molar-refractivity contribution is 0.0748. The van der Waals surface area contributed by atoms with Crippen LogP contribution in [-0.2, 0) is 0 Å². The van der Waals surface area contributed by atoms with Gasteiger partial charge in [0.2, 0.25) is 0 Å². The fourth-order valence-corrected chi connectivity index (χ4v) is 3.06. The van der Waals surface area contributed by atoms with Gasteiger partial charge in [-0.25, -0.2) is 0 Å². The molecule has 2 rings (SSSR count). The second kappa shape index (κ2) is 4.86. The van der Waals surface area contributed by atoms with Gasteiger partial charge < -0.3 is 5.32 Å². The molecule has 2 nitrogen and oxygen atoms in total. The summed E-state index contributed by atoms with van der Waals surface area (Å²) in [6.07, 6.45) is 5.49. The molecule has 0 aromatic carbocycles. The number of piperazine rings is 1. The van der Waals surface area contributed by atoms with Gasteiger partial charge in [0.25, 0.3) is 0 Å². The first-order valence-corrected chi connectivity index (χ1v) is 6.42. The third-order valence-corrected chi connectivity index (χ3v) is 4.22. The van der Waals surface area contributed by atoms with E-state index in [1.165, 1.54) is 44.3 Å². The Morgan fingerprint density at radius 2 is 2.20 bits per heavy atom. The van der Waals surface area contributed by atoms with Crippen molar-refractivity contribution in [2.45, 2.75) is 38.1 Å². The minimum Gasteiger partial charge on any atom is -0.314 e. The van der Waals surface area contributed by atoms with Crippen molar-refractivity contribution in [3.8, 4) is 0 Å². The number of rotatable bonds is 2. The molecule has 2 aliphatic rings. The molecule has 15 heavy (non-hydrogen) atoms. The zero-order valence-corrected chi connectivity index (χ0v) is 10.3. The van der Waals surface area contributed by atoms with E-state index in [9.17, 15) is 0 Å². The second-order valence-corrected chi connectivity index (χ2v) is 5.20. The highest BCUT2D eigenvalue weighted by atomic mass is 35.5. The van der Waals surface area contributed by atoms with Crippen LogP contribution in [0.4, 0.5) is 0 Å². The van der Waals surface area contributed by atoms with Crippen molar-refractivity contribution in [1.29, 1.82) is 0 Å². The maximum Gasteiger partial charge on any atom is 0.0337 e. The molecule has 1 saturated heterocycles. The Morgan fingerprint density at radius 1 is 1.47 bits per heavy atom. The summed E-state index contributed by atoms with van der Waals surface area (Å²) in [5.74, 6) is 0. The Hall–Kier alpha value is -0.0500. The molecular weight excluding hydrogens is 208 g/mol. The summed E-state index contributed by atoms with van der Waals surface area (Å²) < 4.78 is 0. The monoisotopic (exact) mass is 228 g/mol. The molecule has 1 N–H and O–H groups in total. The van der Waals surface area contributed by atoms with E-state index in [0.29, 0.717) is 5.54 Å². The molecule has 86 valence electrons. The largest absolute Gasteiger partial charge is 0.314 e. The Bertz CT molecular complexity index is 244. The van der Waals surface area contributed by atoms with Gasteiger partial charge in [-0.05, 0) is 25.3 Å². The fraction of sp³-hybridized carbons (Fsp3) is 0.833. The molecule has 0 amide bonds. The molecule has 2 fully saturated rings. The summed E-state index contributed by atoms with van der Waals surface area (Å²) >= 11 is 5.76. The minimum atomic E-state index is 0.444. The van der Waals surface area contributed by atoms with E-state index in [2.05, 4.69) is 17.1 Å². The number of hydrogen-bond donors (Lipinski definition) is 1. The molecule has 1 heterocycles. The first-order chi connectivity index (χ1) is 7.27. The summed E-state index contributed by atoms with van der Waals surface area (Å²) in [6, 6.07) is 0. The van der Waals surface area contributed by atoms with Crippen molar-refractivity contribution in [1.82, 2.24) is 10.2 Å². The zero-order chi connectivity index (χ0) is 10.7. The van der Waals surface area contributed by atoms with Crippen LogP contribution in [0.25, 0.3) is 0 Å². The number of nitrogens with zero attached hydrogens (tertiary/aromatic N) is 1. The highest BCUT2D eigenvalue weighted by Gasteiger charge is 2.40. The lowest BCUT2D eigenvalue weighted by atomic mass is 9.92. The molecule has 0 atom stereocenters. The first kappa shape index (κ1) is 11.4. The van der Waals surface area contributed by atoms with E-state index < -0.39 is 0 Å². The van der Waals surface area contributed by atoms with Crippen LogP contribution < -0.4 is 5.32 Å². The molecular formula is C12H21ClN2. The van der Waals surface area contributed by atoms with Crippen LogP contribution in [0.15, 0.2) is 11.1 Å². The van der Waals surface area contributed by atoms with Crippen molar-refractivity contribution < 1.29 is 0 Å². The molecule has 0 aromatic rings. The van der Waals surface area contributed by atoms with Crippen molar-refractivity contribution in [3.05, 3.63) is 11.1 Å². The summed E-state index contributed by atoms with van der Waals surface area (Å²) in [5, 5.41) is 3.54. The summed E-state index contributed by atoms with van der Waals surface area (Å²) in [7, 11) is 0. The highest BCUT2D eigenvalue weighted by molar-refractivity contribution is 6.25. The van der Waals surface area contributed by atoms with Gasteiger partial charge in [0.05, 0.1) is 0 Å². The molecule has 1 aliphatic heterocycles. The normalized spacial score (nSPS) is 27.5. The standard InChI is InChI=1S/C12H21ClN2/c1-11(8-13)9-15-7-6-14-10-12(15)4-2-3-5-12/h8,14H,2-7,9-10H2,1H3. The third kappa shape index (κ3) is 2.38. The molecule has 1 saturated carbocycles. The maximum atomic E-state index is 5.76. The van der Waals surface area contributed by atoms with Crippen molar-refractivity contribution >= 4 is 11.6 Å². The van der Waals surface area contributed by atoms with Crippen molar-refractivity contribution in [3.63, 3.8) is 0 Å². The average Bonchev–Trinajstić information content (AvgIpc) is 2.71. The molecule has 1 aliphatic carbocycles. The van der Waals surface area contributed by atoms with Gasteiger partial charge in [-0.2, -0.15) is 0 Å². The van der Waals surface area contributed by atoms with Crippen LogP contribution in [0, 0.1) is 0 Å². The maximum absolute atomic E-state index is 5.76. The van der Waals surface area contributed by atoms with Crippen molar-refractivity contribution in [2.24, 2.45) is 0 Å². The quantitative estimate of drug-likeness (QED) is 0.781. The number of halogens is 1. The number of hydrogen-bond acceptors (Lipinski definition) is 2. The van der Waals surface area contributed by atoms with E-state index in [-0.39, 0.29) is 0 Å². The van der Waals surface area contributed by atoms with Gasteiger partial charge >= 0.3 is 0 Å². The van der Waals surface area contributed by atoms with Crippen LogP contribution in [0.2, 0.25) is 0 Å². The zero-order valence-electron chi connectivity index (χ0n) is 9.56. The van der Waals surface area contributed by atoms with Gasteiger partial charge in [-0.15, -0.1) is 0 Å². The minimum absolute atomic E-state index is 0.444. The van der Waals surface area contributed by atoms with Crippen LogP contribution in [0.3, 0.4) is 0 Å². The van der Waals surface area contributed by atoms with Crippen LogP contribution >= 0.6 is 11.6 Å². The molecule has 0 radical (unpaired) electrons. The summed E-state index contributed by atoms with van der Waals surface area (Å²) in [6.45, 7) is 6.63. The molecule has 0 unspecified atom stereocenters. The van der Waals surface area contributed by atoms with E-state index in [4.69, 9.17) is 11.6 Å². The van der Waals surface area contributed by atoms with Crippen LogP contribution in [-0.4, -0.2) is 36.6 Å². The Balaban J connectivity index is 2.05. The smallest absolute Gasteiger partial charge is 0.0337 e. The third-order valence-electron chi connectivity index (χ3n) is 3.84. The molecule has 1 spiro atoms. The summed E-state index contributed by atoms with van der Waals surface area (Å²) in [5.41, 5.74) is 3.45. The van der Waals surface area contributed by atoms with Gasteiger partial charge in [0, 0.05) is 37.3 Å². The molecule has 0 aromatic heterocycles. The van der Waals surface area contributed by atoms with E-state index in [1.807, 2.05) is 0 Å². The first-order valence-electron chi connectivity index (χ1n) is 5.98. The predicted octanol–water partition coefficient (Wildman–Crippen LogP) is 2.35. The lowest BCUT2D eigenvalue weighted by Gasteiger charge is -2.45. The van der Waals surface area contributed by atoms with E-state index in [0.717, 1.165) is 13.1 Å². The topological polar surface area (TPSA) is 15.3 Å². The Morgan fingerprint density at radius 3 is 2.87 bits per heavy atom. The van der Waals surface area contributed by atoms with Crippen LogP contribution in [0.5, 0.6) is 0 Å². The number of nitrogens with one attached hydrogen (secondary N) is 1.